The van der Waals surface area contributed by atoms with E-state index in [1.165, 1.54) is 24.3 Å². The summed E-state index contributed by atoms with van der Waals surface area (Å²) >= 11 is 0. The van der Waals surface area contributed by atoms with E-state index in [-0.39, 0.29) is 49.2 Å². The number of nitrogens with zero attached hydrogens (tertiary/aromatic N) is 2. The highest BCUT2D eigenvalue weighted by Crippen LogP contribution is 2.09. The predicted molar refractivity (Wildman–Crippen MR) is 173 cm³/mol. The fourth-order valence-corrected chi connectivity index (χ4v) is 4.11. The lowest BCUT2D eigenvalue weighted by Gasteiger charge is -2.16. The lowest BCUT2D eigenvalue weighted by Crippen LogP contribution is -2.25. The summed E-state index contributed by atoms with van der Waals surface area (Å²) in [7, 11) is 0. The van der Waals surface area contributed by atoms with Crippen LogP contribution in [0.3, 0.4) is 0 Å². The van der Waals surface area contributed by atoms with Crippen molar-refractivity contribution in [3.8, 4) is 0 Å². The van der Waals surface area contributed by atoms with Gasteiger partial charge in [0.15, 0.2) is 0 Å². The molecule has 2 aromatic rings. The van der Waals surface area contributed by atoms with Gasteiger partial charge in [0.2, 0.25) is 0 Å². The smallest absolute Gasteiger partial charge is 0.357 e. The van der Waals surface area contributed by atoms with E-state index in [1.807, 2.05) is 0 Å². The molecule has 0 unspecified atom stereocenters. The Hall–Kier alpha value is -4.06. The van der Waals surface area contributed by atoms with Gasteiger partial charge in [-0.25, -0.2) is 29.1 Å². The second-order valence-corrected chi connectivity index (χ2v) is 11.2. The van der Waals surface area contributed by atoms with Crippen LogP contribution in [-0.2, 0) is 47.4 Å². The highest BCUT2D eigenvalue weighted by Gasteiger charge is 2.20. The first kappa shape index (κ1) is 40.4. The molecule has 0 spiro atoms. The van der Waals surface area contributed by atoms with Gasteiger partial charge in [-0.1, -0.05) is 12.1 Å². The van der Waals surface area contributed by atoms with Gasteiger partial charge < -0.3 is 47.4 Å². The molecule has 0 radical (unpaired) electrons. The summed E-state index contributed by atoms with van der Waals surface area (Å²) in [5.41, 5.74) is 0.147. The standard InChI is InChI=1S/2C17H23NO7/c2*1-12-10-22-8-6-21-7-9-23-11-13(2)25-17(20)15-5-3-4-14(18-15)16(19)24-12/h2*3-5,12-13H,6-11H2,1-2H3/t2*12-,13-/m00/s1. The lowest BCUT2D eigenvalue weighted by molar-refractivity contribution is -0.0305. The van der Waals surface area contributed by atoms with Crippen molar-refractivity contribution in [3.63, 3.8) is 0 Å². The number of hydrogen-bond acceptors (Lipinski definition) is 16. The van der Waals surface area contributed by atoms with Crippen LogP contribution in [0.25, 0.3) is 0 Å². The van der Waals surface area contributed by atoms with Gasteiger partial charge in [-0.2, -0.15) is 0 Å². The molecule has 0 aromatic carbocycles. The van der Waals surface area contributed by atoms with E-state index in [0.29, 0.717) is 52.9 Å². The van der Waals surface area contributed by atoms with Crippen LogP contribution in [0, 0.1) is 0 Å². The fourth-order valence-electron chi connectivity index (χ4n) is 4.11. The van der Waals surface area contributed by atoms with Crippen LogP contribution in [0.1, 0.15) is 69.6 Å². The molecule has 0 aliphatic carbocycles. The zero-order valence-electron chi connectivity index (χ0n) is 28.9. The monoisotopic (exact) mass is 706 g/mol. The molecule has 2 aromatic heterocycles. The van der Waals surface area contributed by atoms with Crippen LogP contribution in [0.2, 0.25) is 0 Å². The van der Waals surface area contributed by atoms with Crippen molar-refractivity contribution in [1.82, 2.24) is 9.97 Å². The third-order valence-corrected chi connectivity index (χ3v) is 6.47. The molecule has 4 heterocycles. The maximum Gasteiger partial charge on any atom is 0.357 e. The predicted octanol–water partition coefficient (Wildman–Crippen LogP) is 2.47. The Balaban J connectivity index is 0.000000270. The second-order valence-electron chi connectivity index (χ2n) is 11.2. The van der Waals surface area contributed by atoms with Gasteiger partial charge in [-0.3, -0.25) is 0 Å². The zero-order chi connectivity index (χ0) is 36.1. The number of esters is 4. The summed E-state index contributed by atoms with van der Waals surface area (Å²) in [6.45, 7) is 11.0. The topological polar surface area (TPSA) is 186 Å². The molecule has 0 N–H and O–H groups in total. The molecule has 0 saturated carbocycles. The largest absolute Gasteiger partial charge is 0.455 e. The number of carbonyl (C=O) groups excluding carboxylic acids is 4. The number of aromatic nitrogens is 2. The normalized spacial score (nSPS) is 24.6. The van der Waals surface area contributed by atoms with Crippen LogP contribution in [0.4, 0.5) is 0 Å². The molecule has 276 valence electrons. The van der Waals surface area contributed by atoms with Crippen molar-refractivity contribution in [3.05, 3.63) is 59.2 Å². The van der Waals surface area contributed by atoms with E-state index >= 15 is 0 Å². The van der Waals surface area contributed by atoms with E-state index in [4.69, 9.17) is 47.4 Å². The van der Waals surface area contributed by atoms with Crippen LogP contribution >= 0.6 is 0 Å². The molecule has 4 bridgehead atoms. The first-order chi connectivity index (χ1) is 24.1. The molecule has 0 amide bonds. The molecular formula is C34H46N2O14. The van der Waals surface area contributed by atoms with Gasteiger partial charge in [0.05, 0.1) is 79.3 Å². The van der Waals surface area contributed by atoms with Gasteiger partial charge in [0.25, 0.3) is 0 Å². The van der Waals surface area contributed by atoms with Crippen LogP contribution in [0.15, 0.2) is 36.4 Å². The van der Waals surface area contributed by atoms with E-state index < -0.39 is 48.3 Å². The van der Waals surface area contributed by atoms with Crippen molar-refractivity contribution >= 4 is 23.9 Å². The van der Waals surface area contributed by atoms with Gasteiger partial charge in [-0.15, -0.1) is 0 Å². The van der Waals surface area contributed by atoms with Crippen LogP contribution < -0.4 is 0 Å². The summed E-state index contributed by atoms with van der Waals surface area (Å²) in [4.78, 5) is 56.5. The number of cyclic esters (lactones) is 4. The molecular weight excluding hydrogens is 660 g/mol. The first-order valence-electron chi connectivity index (χ1n) is 16.4. The number of pyridine rings is 2. The SMILES string of the molecule is C[C@H]1COCCOCCOC[C@H](C)OC(=O)c2cccc(n2)C(=O)O1.C[C@H]1COCCOCCOC[C@H](C)OC(=O)c2cccc(n2)C(=O)O1. The quantitative estimate of drug-likeness (QED) is 0.287. The molecule has 50 heavy (non-hydrogen) atoms. The van der Waals surface area contributed by atoms with Crippen LogP contribution in [0.5, 0.6) is 0 Å². The summed E-state index contributed by atoms with van der Waals surface area (Å²) in [6, 6.07) is 9.02. The van der Waals surface area contributed by atoms with Crippen molar-refractivity contribution in [2.24, 2.45) is 0 Å². The molecule has 4 rings (SSSR count). The van der Waals surface area contributed by atoms with Crippen molar-refractivity contribution < 1.29 is 66.5 Å². The molecule has 0 fully saturated rings. The Morgan fingerprint density at radius 2 is 0.620 bits per heavy atom. The fraction of sp³-hybridized carbons (Fsp3) is 0.588. The Labute approximate surface area is 290 Å². The summed E-state index contributed by atoms with van der Waals surface area (Å²) in [5, 5.41) is 0. The highest BCUT2D eigenvalue weighted by atomic mass is 16.6. The van der Waals surface area contributed by atoms with E-state index in [0.717, 1.165) is 0 Å². The maximum absolute atomic E-state index is 12.1. The number of fused-ring (bicyclic) bond motifs is 4. The van der Waals surface area contributed by atoms with E-state index in [9.17, 15) is 19.2 Å². The van der Waals surface area contributed by atoms with Crippen molar-refractivity contribution in [2.45, 2.75) is 52.1 Å². The third-order valence-electron chi connectivity index (χ3n) is 6.47. The molecule has 0 saturated heterocycles. The summed E-state index contributed by atoms with van der Waals surface area (Å²) in [6.07, 6.45) is -1.81. The molecule has 2 aliphatic heterocycles. The van der Waals surface area contributed by atoms with Gasteiger partial charge in [0.1, 0.15) is 47.2 Å². The summed E-state index contributed by atoms with van der Waals surface area (Å²) in [5.74, 6) is -2.50. The minimum atomic E-state index is -0.625. The molecule has 16 nitrogen and oxygen atoms in total. The number of ether oxygens (including phenoxy) is 10. The molecule has 2 aliphatic rings. The first-order valence-corrected chi connectivity index (χ1v) is 16.4. The Morgan fingerprint density at radius 1 is 0.400 bits per heavy atom. The van der Waals surface area contributed by atoms with Gasteiger partial charge >= 0.3 is 23.9 Å². The minimum Gasteiger partial charge on any atom is -0.455 e. The molecule has 4 atom stereocenters. The second kappa shape index (κ2) is 22.6. The maximum atomic E-state index is 12.1. The molecule has 16 heteroatoms. The van der Waals surface area contributed by atoms with Crippen molar-refractivity contribution in [2.75, 3.05) is 79.3 Å². The number of carbonyl (C=O) groups is 4. The van der Waals surface area contributed by atoms with Gasteiger partial charge in [0, 0.05) is 0 Å². The van der Waals surface area contributed by atoms with Crippen molar-refractivity contribution in [1.29, 1.82) is 0 Å². The Kier molecular flexibility index (Phi) is 18.3. The average Bonchev–Trinajstić information content (AvgIpc) is 3.09. The Morgan fingerprint density at radius 3 is 0.860 bits per heavy atom. The van der Waals surface area contributed by atoms with E-state index in [2.05, 4.69) is 9.97 Å². The van der Waals surface area contributed by atoms with Crippen LogP contribution in [-0.4, -0.2) is 138 Å². The zero-order valence-corrected chi connectivity index (χ0v) is 28.9. The van der Waals surface area contributed by atoms with E-state index in [1.54, 1.807) is 39.8 Å². The third kappa shape index (κ3) is 15.7. The summed E-state index contributed by atoms with van der Waals surface area (Å²) < 4.78 is 53.3. The lowest BCUT2D eigenvalue weighted by atomic mass is 10.3. The minimum absolute atomic E-state index is 0.0367. The average molecular weight is 707 g/mol. The number of rotatable bonds is 0. The number of hydrogen-bond donors (Lipinski definition) is 0. The Bertz CT molecular complexity index is 1170. The highest BCUT2D eigenvalue weighted by molar-refractivity contribution is 5.92. The van der Waals surface area contributed by atoms with Gasteiger partial charge in [-0.05, 0) is 52.0 Å².